The highest BCUT2D eigenvalue weighted by molar-refractivity contribution is 5.94. The Morgan fingerprint density at radius 1 is 0.867 bits per heavy atom. The fourth-order valence-corrected chi connectivity index (χ4v) is 3.74. The van der Waals surface area contributed by atoms with Crippen LogP contribution in [0.5, 0.6) is 0 Å². The molecule has 1 amide bonds. The Kier molecular flexibility index (Phi) is 7.11. The van der Waals surface area contributed by atoms with Gasteiger partial charge in [-0.15, -0.1) is 0 Å². The lowest BCUT2D eigenvalue weighted by atomic mass is 10.1. The summed E-state index contributed by atoms with van der Waals surface area (Å²) in [6, 6.07) is 20.9. The van der Waals surface area contributed by atoms with E-state index in [0.717, 1.165) is 29.1 Å². The van der Waals surface area contributed by atoms with Crippen LogP contribution in [0.3, 0.4) is 0 Å². The number of aryl methyl sites for hydroxylation is 3. The Hall–Kier alpha value is -2.85. The molecule has 0 spiro atoms. The first-order valence-corrected chi connectivity index (χ1v) is 10.6. The zero-order chi connectivity index (χ0) is 21.7. The summed E-state index contributed by atoms with van der Waals surface area (Å²) in [7, 11) is 4.08. The minimum Gasteiger partial charge on any atom is -0.336 e. The number of hydrogen-bond donors (Lipinski definition) is 0. The molecule has 0 saturated heterocycles. The molecule has 0 unspecified atom stereocenters. The van der Waals surface area contributed by atoms with Crippen LogP contribution >= 0.6 is 0 Å². The molecule has 0 fully saturated rings. The van der Waals surface area contributed by atoms with Crippen molar-refractivity contribution in [3.8, 4) is 0 Å². The molecule has 30 heavy (non-hydrogen) atoms. The third-order valence-corrected chi connectivity index (χ3v) is 5.48. The van der Waals surface area contributed by atoms with Gasteiger partial charge in [-0.2, -0.15) is 0 Å². The largest absolute Gasteiger partial charge is 0.336 e. The summed E-state index contributed by atoms with van der Waals surface area (Å²) >= 11 is 0. The van der Waals surface area contributed by atoms with Crippen LogP contribution in [0.15, 0.2) is 60.7 Å². The maximum Gasteiger partial charge on any atom is 0.271 e. The normalized spacial score (nSPS) is 11.1. The van der Waals surface area contributed by atoms with Crippen LogP contribution in [0.25, 0.3) is 0 Å². The Labute approximate surface area is 180 Å². The molecule has 0 saturated carbocycles. The number of carbonyl (C=O) groups excluding carboxylic acids is 1. The van der Waals surface area contributed by atoms with Crippen molar-refractivity contribution in [1.29, 1.82) is 0 Å². The van der Waals surface area contributed by atoms with Gasteiger partial charge in [-0.3, -0.25) is 4.79 Å². The van der Waals surface area contributed by atoms with Crippen molar-refractivity contribution in [1.82, 2.24) is 14.4 Å². The number of likely N-dealkylation sites (N-methyl/N-ethyl adjacent to an activating group) is 1. The lowest BCUT2D eigenvalue weighted by Crippen LogP contribution is -2.37. The molecule has 0 aliphatic rings. The maximum atomic E-state index is 13.7. The van der Waals surface area contributed by atoms with Crippen molar-refractivity contribution in [3.05, 3.63) is 94.3 Å². The van der Waals surface area contributed by atoms with Crippen LogP contribution in [0.1, 0.15) is 38.4 Å². The van der Waals surface area contributed by atoms with E-state index in [1.807, 2.05) is 44.1 Å². The van der Waals surface area contributed by atoms with Gasteiger partial charge < -0.3 is 14.4 Å². The number of carbonyl (C=O) groups is 1. The van der Waals surface area contributed by atoms with Crippen molar-refractivity contribution < 1.29 is 4.79 Å². The van der Waals surface area contributed by atoms with E-state index in [9.17, 15) is 4.79 Å². The minimum absolute atomic E-state index is 0.0958. The van der Waals surface area contributed by atoms with Gasteiger partial charge in [0.2, 0.25) is 0 Å². The second-order valence-corrected chi connectivity index (χ2v) is 8.40. The second kappa shape index (κ2) is 9.77. The van der Waals surface area contributed by atoms with Gasteiger partial charge in [0.15, 0.2) is 0 Å². The van der Waals surface area contributed by atoms with E-state index in [1.54, 1.807) is 0 Å². The van der Waals surface area contributed by atoms with Crippen LogP contribution in [-0.4, -0.2) is 47.5 Å². The summed E-state index contributed by atoms with van der Waals surface area (Å²) < 4.78 is 2.16. The molecule has 1 aromatic heterocycles. The standard InChI is InChI=1S/C26H33N3O/c1-20-11-13-24(14-12-20)19-29-22(3)17-21(2)25(29)26(30)28(16-15-27(4)5)18-23-9-7-6-8-10-23/h6-14,17H,15-16,18-19H2,1-5H3. The summed E-state index contributed by atoms with van der Waals surface area (Å²) in [4.78, 5) is 17.8. The number of aromatic nitrogens is 1. The first-order chi connectivity index (χ1) is 14.3. The first-order valence-electron chi connectivity index (χ1n) is 10.6. The zero-order valence-corrected chi connectivity index (χ0v) is 18.9. The van der Waals surface area contributed by atoms with Crippen molar-refractivity contribution in [2.45, 2.75) is 33.9 Å². The number of rotatable bonds is 8. The molecule has 158 valence electrons. The molecule has 0 N–H and O–H groups in total. The topological polar surface area (TPSA) is 28.5 Å². The average Bonchev–Trinajstić information content (AvgIpc) is 3.00. The Morgan fingerprint density at radius 3 is 2.17 bits per heavy atom. The summed E-state index contributed by atoms with van der Waals surface area (Å²) in [5.74, 6) is 0.0958. The summed E-state index contributed by atoms with van der Waals surface area (Å²) in [6.07, 6.45) is 0. The Balaban J connectivity index is 1.92. The minimum atomic E-state index is 0.0958. The summed E-state index contributed by atoms with van der Waals surface area (Å²) in [5.41, 5.74) is 6.54. The summed E-state index contributed by atoms with van der Waals surface area (Å²) in [6.45, 7) is 9.05. The quantitative estimate of drug-likeness (QED) is 0.547. The van der Waals surface area contributed by atoms with Gasteiger partial charge in [0.05, 0.1) is 0 Å². The van der Waals surface area contributed by atoms with Crippen molar-refractivity contribution in [3.63, 3.8) is 0 Å². The highest BCUT2D eigenvalue weighted by Gasteiger charge is 2.23. The molecule has 0 aliphatic heterocycles. The van der Waals surface area contributed by atoms with Gasteiger partial charge in [0, 0.05) is 31.9 Å². The van der Waals surface area contributed by atoms with Gasteiger partial charge in [0.1, 0.15) is 5.69 Å². The smallest absolute Gasteiger partial charge is 0.271 e. The van der Waals surface area contributed by atoms with Gasteiger partial charge in [-0.05, 0) is 57.6 Å². The van der Waals surface area contributed by atoms with E-state index in [-0.39, 0.29) is 5.91 Å². The van der Waals surface area contributed by atoms with Crippen LogP contribution in [0.2, 0.25) is 0 Å². The van der Waals surface area contributed by atoms with Crippen LogP contribution in [0, 0.1) is 20.8 Å². The van der Waals surface area contributed by atoms with Crippen LogP contribution < -0.4 is 0 Å². The Morgan fingerprint density at radius 2 is 1.53 bits per heavy atom. The maximum absolute atomic E-state index is 13.7. The number of amides is 1. The molecule has 0 atom stereocenters. The Bertz CT molecular complexity index is 972. The molecule has 1 heterocycles. The molecular weight excluding hydrogens is 370 g/mol. The predicted molar refractivity (Wildman–Crippen MR) is 124 cm³/mol. The molecule has 4 heteroatoms. The van der Waals surface area contributed by atoms with Crippen molar-refractivity contribution >= 4 is 5.91 Å². The SMILES string of the molecule is Cc1ccc(Cn2c(C)cc(C)c2C(=O)N(CCN(C)C)Cc2ccccc2)cc1. The van der Waals surface area contributed by atoms with Gasteiger partial charge in [0.25, 0.3) is 5.91 Å². The zero-order valence-electron chi connectivity index (χ0n) is 18.9. The summed E-state index contributed by atoms with van der Waals surface area (Å²) in [5, 5.41) is 0. The van der Waals surface area contributed by atoms with Gasteiger partial charge >= 0.3 is 0 Å². The molecule has 3 aromatic rings. The lowest BCUT2D eigenvalue weighted by Gasteiger charge is -2.26. The predicted octanol–water partition coefficient (Wildman–Crippen LogP) is 4.67. The third-order valence-electron chi connectivity index (χ3n) is 5.48. The fourth-order valence-electron chi connectivity index (χ4n) is 3.74. The van der Waals surface area contributed by atoms with Gasteiger partial charge in [-0.1, -0.05) is 60.2 Å². The van der Waals surface area contributed by atoms with Gasteiger partial charge in [-0.25, -0.2) is 0 Å². The van der Waals surface area contributed by atoms with E-state index < -0.39 is 0 Å². The van der Waals surface area contributed by atoms with Crippen LogP contribution in [-0.2, 0) is 13.1 Å². The molecule has 4 nitrogen and oxygen atoms in total. The number of hydrogen-bond acceptors (Lipinski definition) is 2. The first kappa shape index (κ1) is 21.8. The third kappa shape index (κ3) is 5.39. The number of nitrogens with zero attached hydrogens (tertiary/aromatic N) is 3. The van der Waals surface area contributed by atoms with Crippen LogP contribution in [0.4, 0.5) is 0 Å². The molecule has 3 rings (SSSR count). The van der Waals surface area contributed by atoms with E-state index >= 15 is 0 Å². The lowest BCUT2D eigenvalue weighted by molar-refractivity contribution is 0.0720. The highest BCUT2D eigenvalue weighted by atomic mass is 16.2. The number of benzene rings is 2. The fraction of sp³-hybridized carbons (Fsp3) is 0.346. The molecule has 0 aliphatic carbocycles. The molecule has 2 aromatic carbocycles. The highest BCUT2D eigenvalue weighted by Crippen LogP contribution is 2.20. The van der Waals surface area contributed by atoms with E-state index in [0.29, 0.717) is 19.6 Å². The molecule has 0 radical (unpaired) electrons. The van der Waals surface area contributed by atoms with Crippen molar-refractivity contribution in [2.75, 3.05) is 27.2 Å². The van der Waals surface area contributed by atoms with Crippen molar-refractivity contribution in [2.24, 2.45) is 0 Å². The molecular formula is C26H33N3O. The monoisotopic (exact) mass is 403 g/mol. The second-order valence-electron chi connectivity index (χ2n) is 8.40. The molecule has 0 bridgehead atoms. The average molecular weight is 404 g/mol. The van der Waals surface area contributed by atoms with E-state index in [4.69, 9.17) is 0 Å². The van der Waals surface area contributed by atoms with E-state index in [1.165, 1.54) is 11.1 Å². The van der Waals surface area contributed by atoms with E-state index in [2.05, 4.69) is 65.8 Å².